The highest BCUT2D eigenvalue weighted by Gasteiger charge is 2.16. The number of halogens is 1. The fourth-order valence-corrected chi connectivity index (χ4v) is 3.19. The van der Waals surface area contributed by atoms with Crippen LogP contribution in [-0.4, -0.2) is 38.1 Å². The molecule has 7 nitrogen and oxygen atoms in total. The van der Waals surface area contributed by atoms with Crippen LogP contribution < -0.4 is 15.5 Å². The fourth-order valence-electron chi connectivity index (χ4n) is 3.19. The van der Waals surface area contributed by atoms with Gasteiger partial charge in [-0.2, -0.15) is 0 Å². The molecule has 0 aliphatic carbocycles. The number of carbonyl (C=O) groups excluding carboxylic acids is 2. The molecule has 1 aliphatic heterocycles. The molecule has 1 fully saturated rings. The monoisotopic (exact) mass is 409 g/mol. The average molecular weight is 409 g/mol. The van der Waals surface area contributed by atoms with Gasteiger partial charge in [-0.3, -0.25) is 9.59 Å². The van der Waals surface area contributed by atoms with E-state index in [2.05, 4.69) is 10.6 Å². The van der Waals surface area contributed by atoms with Gasteiger partial charge in [0, 0.05) is 30.0 Å². The van der Waals surface area contributed by atoms with Crippen molar-refractivity contribution in [1.82, 2.24) is 0 Å². The molecule has 2 N–H and O–H groups in total. The molecule has 2 heterocycles. The number of hydrogen-bond acceptors (Lipinski definition) is 5. The van der Waals surface area contributed by atoms with Gasteiger partial charge in [0.05, 0.1) is 25.2 Å². The van der Waals surface area contributed by atoms with Crippen LogP contribution in [0.2, 0.25) is 0 Å². The molecule has 1 aliphatic rings. The third-order valence-corrected chi connectivity index (χ3v) is 4.68. The Balaban J connectivity index is 1.43. The maximum absolute atomic E-state index is 14.5. The minimum atomic E-state index is -0.418. The first-order chi connectivity index (χ1) is 14.6. The van der Waals surface area contributed by atoms with E-state index in [-0.39, 0.29) is 5.76 Å². The molecule has 1 saturated heterocycles. The van der Waals surface area contributed by atoms with Gasteiger partial charge in [-0.05, 0) is 48.5 Å². The molecule has 2 amide bonds. The number of ether oxygens (including phenoxy) is 1. The van der Waals surface area contributed by atoms with E-state index < -0.39 is 17.6 Å². The SMILES string of the molecule is O=C(Nc1ccc(N2CCOCC2)c(F)c1)c1cccc(NC(=O)c2ccco2)c1. The van der Waals surface area contributed by atoms with E-state index in [1.807, 2.05) is 4.90 Å². The van der Waals surface area contributed by atoms with Crippen molar-refractivity contribution in [2.75, 3.05) is 41.8 Å². The molecule has 154 valence electrons. The van der Waals surface area contributed by atoms with Crippen molar-refractivity contribution in [3.8, 4) is 0 Å². The normalized spacial score (nSPS) is 13.7. The quantitative estimate of drug-likeness (QED) is 0.670. The minimum Gasteiger partial charge on any atom is -0.459 e. The fraction of sp³-hybridized carbons (Fsp3) is 0.182. The van der Waals surface area contributed by atoms with Crippen molar-refractivity contribution in [2.45, 2.75) is 0 Å². The number of nitrogens with zero attached hydrogens (tertiary/aromatic N) is 1. The van der Waals surface area contributed by atoms with Crippen LogP contribution in [0.15, 0.2) is 65.3 Å². The van der Waals surface area contributed by atoms with Gasteiger partial charge >= 0.3 is 0 Å². The molecule has 4 rings (SSSR count). The molecule has 0 spiro atoms. The number of anilines is 3. The number of amides is 2. The van der Waals surface area contributed by atoms with Crippen LogP contribution in [0.25, 0.3) is 0 Å². The Kier molecular flexibility index (Phi) is 5.76. The summed E-state index contributed by atoms with van der Waals surface area (Å²) in [6.07, 6.45) is 1.41. The molecule has 1 aromatic heterocycles. The third-order valence-electron chi connectivity index (χ3n) is 4.68. The van der Waals surface area contributed by atoms with E-state index in [4.69, 9.17) is 9.15 Å². The van der Waals surface area contributed by atoms with Gasteiger partial charge in [-0.15, -0.1) is 0 Å². The Hall–Kier alpha value is -3.65. The van der Waals surface area contributed by atoms with Crippen LogP contribution in [0, 0.1) is 5.82 Å². The second-order valence-electron chi connectivity index (χ2n) is 6.73. The second kappa shape index (κ2) is 8.79. The van der Waals surface area contributed by atoms with Crippen molar-refractivity contribution < 1.29 is 23.1 Å². The number of nitrogens with one attached hydrogen (secondary N) is 2. The lowest BCUT2D eigenvalue weighted by atomic mass is 10.1. The van der Waals surface area contributed by atoms with Crippen molar-refractivity contribution in [1.29, 1.82) is 0 Å². The lowest BCUT2D eigenvalue weighted by molar-refractivity contribution is 0.0993. The van der Waals surface area contributed by atoms with Crippen LogP contribution in [0.4, 0.5) is 21.5 Å². The van der Waals surface area contributed by atoms with Crippen molar-refractivity contribution in [3.05, 3.63) is 78.0 Å². The summed E-state index contributed by atoms with van der Waals surface area (Å²) in [6.45, 7) is 2.37. The van der Waals surface area contributed by atoms with Crippen LogP contribution >= 0.6 is 0 Å². The molecule has 0 atom stereocenters. The molecule has 8 heteroatoms. The van der Waals surface area contributed by atoms with Gasteiger partial charge in [-0.1, -0.05) is 6.07 Å². The molecule has 3 aromatic rings. The maximum atomic E-state index is 14.5. The lowest BCUT2D eigenvalue weighted by Crippen LogP contribution is -2.36. The van der Waals surface area contributed by atoms with Crippen molar-refractivity contribution in [2.24, 2.45) is 0 Å². The van der Waals surface area contributed by atoms with E-state index in [1.165, 1.54) is 18.4 Å². The first-order valence-corrected chi connectivity index (χ1v) is 9.49. The Morgan fingerprint density at radius 2 is 1.67 bits per heavy atom. The molecule has 0 radical (unpaired) electrons. The summed E-state index contributed by atoms with van der Waals surface area (Å²) >= 11 is 0. The summed E-state index contributed by atoms with van der Waals surface area (Å²) in [5, 5.41) is 5.35. The highest BCUT2D eigenvalue weighted by atomic mass is 19.1. The number of hydrogen-bond donors (Lipinski definition) is 2. The Morgan fingerprint density at radius 1 is 0.900 bits per heavy atom. The summed E-state index contributed by atoms with van der Waals surface area (Å²) in [5.74, 6) is -1.07. The first-order valence-electron chi connectivity index (χ1n) is 9.49. The molecule has 2 aromatic carbocycles. The van der Waals surface area contributed by atoms with Crippen LogP contribution in [-0.2, 0) is 4.74 Å². The van der Waals surface area contributed by atoms with Crippen molar-refractivity contribution in [3.63, 3.8) is 0 Å². The van der Waals surface area contributed by atoms with Crippen LogP contribution in [0.3, 0.4) is 0 Å². The number of carbonyl (C=O) groups is 2. The Bertz CT molecular complexity index is 1050. The average Bonchev–Trinajstić information content (AvgIpc) is 3.30. The van der Waals surface area contributed by atoms with Crippen LogP contribution in [0.1, 0.15) is 20.9 Å². The van der Waals surface area contributed by atoms with Gasteiger partial charge in [-0.25, -0.2) is 4.39 Å². The minimum absolute atomic E-state index is 0.167. The molecule has 0 unspecified atom stereocenters. The van der Waals surface area contributed by atoms with E-state index >= 15 is 0 Å². The number of rotatable bonds is 5. The first kappa shape index (κ1) is 19.7. The maximum Gasteiger partial charge on any atom is 0.291 e. The summed E-state index contributed by atoms with van der Waals surface area (Å²) in [5.41, 5.74) is 1.60. The molecular weight excluding hydrogens is 389 g/mol. The van der Waals surface area contributed by atoms with E-state index in [9.17, 15) is 14.0 Å². The summed E-state index contributed by atoms with van der Waals surface area (Å²) in [6, 6.07) is 14.2. The number of benzene rings is 2. The number of morpholine rings is 1. The molecule has 0 bridgehead atoms. The highest BCUT2D eigenvalue weighted by molar-refractivity contribution is 6.06. The van der Waals surface area contributed by atoms with Crippen LogP contribution in [0.5, 0.6) is 0 Å². The summed E-state index contributed by atoms with van der Waals surface area (Å²) < 4.78 is 24.9. The zero-order valence-corrected chi connectivity index (χ0v) is 16.1. The summed E-state index contributed by atoms with van der Waals surface area (Å²) in [4.78, 5) is 26.6. The molecule has 0 saturated carbocycles. The van der Waals surface area contributed by atoms with Gasteiger partial charge in [0.25, 0.3) is 11.8 Å². The van der Waals surface area contributed by atoms with Gasteiger partial charge in [0.15, 0.2) is 5.76 Å². The van der Waals surface area contributed by atoms with E-state index in [0.717, 1.165) is 0 Å². The zero-order valence-electron chi connectivity index (χ0n) is 16.1. The van der Waals surface area contributed by atoms with Gasteiger partial charge in [0.1, 0.15) is 5.82 Å². The Labute approximate surface area is 172 Å². The van der Waals surface area contributed by atoms with E-state index in [1.54, 1.807) is 42.5 Å². The van der Waals surface area contributed by atoms with Gasteiger partial charge in [0.2, 0.25) is 0 Å². The van der Waals surface area contributed by atoms with Crippen molar-refractivity contribution >= 4 is 28.9 Å². The molecular formula is C22H20FN3O4. The second-order valence-corrected chi connectivity index (χ2v) is 6.73. The summed E-state index contributed by atoms with van der Waals surface area (Å²) in [7, 11) is 0. The largest absolute Gasteiger partial charge is 0.459 e. The smallest absolute Gasteiger partial charge is 0.291 e. The molecule has 30 heavy (non-hydrogen) atoms. The number of furan rings is 1. The predicted octanol–water partition coefficient (Wildman–Crippen LogP) is 3.76. The lowest BCUT2D eigenvalue weighted by Gasteiger charge is -2.29. The zero-order chi connectivity index (χ0) is 20.9. The standard InChI is InChI=1S/C22H20FN3O4/c23-18-14-17(6-7-19(18)26-8-11-29-12-9-26)24-21(27)15-3-1-4-16(13-15)25-22(28)20-5-2-10-30-20/h1-7,10,13-14H,8-9,11-12H2,(H,24,27)(H,25,28). The van der Waals surface area contributed by atoms with E-state index in [0.29, 0.717) is 48.9 Å². The predicted molar refractivity (Wildman–Crippen MR) is 110 cm³/mol. The third kappa shape index (κ3) is 4.49. The Morgan fingerprint density at radius 3 is 2.40 bits per heavy atom. The van der Waals surface area contributed by atoms with Gasteiger partial charge < -0.3 is 24.7 Å². The topological polar surface area (TPSA) is 83.8 Å². The highest BCUT2D eigenvalue weighted by Crippen LogP contribution is 2.24.